The molecule has 1 aliphatic heterocycles. The fourth-order valence-electron chi connectivity index (χ4n) is 3.27. The lowest BCUT2D eigenvalue weighted by molar-refractivity contribution is -0.122. The molecule has 0 N–H and O–H groups in total. The highest BCUT2D eigenvalue weighted by Crippen LogP contribution is 2.37. The monoisotopic (exact) mass is 343 g/mol. The summed E-state index contributed by atoms with van der Waals surface area (Å²) in [4.78, 5) is 12.1. The third kappa shape index (κ3) is 3.28. The first-order valence-corrected chi connectivity index (χ1v) is 9.56. The Morgan fingerprint density at radius 3 is 2.12 bits per heavy atom. The van der Waals surface area contributed by atoms with Crippen molar-refractivity contribution in [3.05, 3.63) is 66.2 Å². The van der Waals surface area contributed by atoms with Gasteiger partial charge < -0.3 is 0 Å². The standard InChI is InChI=1S/C19H21NO3S/c1-15(21)17-12-13-19(16-8-4-2-5-9-16)20(14-17)24(22,23)18-10-6-3-7-11-18/h2-11,17,19H,12-14H2,1H3/t17-,19-/m1/s1. The average molecular weight is 343 g/mol. The fourth-order valence-corrected chi connectivity index (χ4v) is 4.98. The van der Waals surface area contributed by atoms with Crippen molar-refractivity contribution in [2.24, 2.45) is 5.92 Å². The van der Waals surface area contributed by atoms with Gasteiger partial charge in [-0.15, -0.1) is 0 Å². The van der Waals surface area contributed by atoms with Crippen LogP contribution in [0.4, 0.5) is 0 Å². The summed E-state index contributed by atoms with van der Waals surface area (Å²) >= 11 is 0. The predicted octanol–water partition coefficient (Wildman–Crippen LogP) is 3.42. The van der Waals surface area contributed by atoms with Crippen molar-refractivity contribution in [2.75, 3.05) is 6.54 Å². The number of piperidine rings is 1. The molecule has 1 saturated heterocycles. The zero-order valence-corrected chi connectivity index (χ0v) is 14.4. The summed E-state index contributed by atoms with van der Waals surface area (Å²) in [6.45, 7) is 1.78. The summed E-state index contributed by atoms with van der Waals surface area (Å²) in [7, 11) is -3.64. The first kappa shape index (κ1) is 16.9. The van der Waals surface area contributed by atoms with Crippen molar-refractivity contribution in [3.63, 3.8) is 0 Å². The van der Waals surface area contributed by atoms with E-state index in [-0.39, 0.29) is 29.2 Å². The van der Waals surface area contributed by atoms with E-state index in [1.165, 1.54) is 4.31 Å². The first-order valence-electron chi connectivity index (χ1n) is 8.12. The molecule has 126 valence electrons. The lowest BCUT2D eigenvalue weighted by Crippen LogP contribution is -2.43. The van der Waals surface area contributed by atoms with Gasteiger partial charge in [-0.05, 0) is 37.5 Å². The molecule has 24 heavy (non-hydrogen) atoms. The molecule has 0 radical (unpaired) electrons. The van der Waals surface area contributed by atoms with Crippen molar-refractivity contribution in [1.29, 1.82) is 0 Å². The second kappa shape index (κ2) is 6.87. The van der Waals surface area contributed by atoms with Crippen LogP contribution in [-0.4, -0.2) is 25.1 Å². The summed E-state index contributed by atoms with van der Waals surface area (Å²) in [6.07, 6.45) is 1.37. The Bertz CT molecular complexity index is 803. The molecule has 5 heteroatoms. The molecule has 0 aliphatic carbocycles. The predicted molar refractivity (Wildman–Crippen MR) is 92.9 cm³/mol. The maximum absolute atomic E-state index is 13.2. The highest BCUT2D eigenvalue weighted by atomic mass is 32.2. The van der Waals surface area contributed by atoms with Crippen LogP contribution in [0, 0.1) is 5.92 Å². The zero-order valence-electron chi connectivity index (χ0n) is 13.6. The average Bonchev–Trinajstić information content (AvgIpc) is 2.62. The molecule has 4 nitrogen and oxygen atoms in total. The van der Waals surface area contributed by atoms with Crippen molar-refractivity contribution < 1.29 is 13.2 Å². The van der Waals surface area contributed by atoms with Gasteiger partial charge in [-0.2, -0.15) is 4.31 Å². The van der Waals surface area contributed by atoms with E-state index in [9.17, 15) is 13.2 Å². The number of nitrogens with zero attached hydrogens (tertiary/aromatic N) is 1. The van der Waals surface area contributed by atoms with Crippen molar-refractivity contribution in [3.8, 4) is 0 Å². The molecule has 0 spiro atoms. The molecule has 0 amide bonds. The number of ketones is 1. The van der Waals surface area contributed by atoms with Crippen LogP contribution in [0.2, 0.25) is 0 Å². The van der Waals surface area contributed by atoms with Gasteiger partial charge in [0.25, 0.3) is 0 Å². The molecule has 0 bridgehead atoms. The molecule has 1 aliphatic rings. The molecule has 0 unspecified atom stereocenters. The highest BCUT2D eigenvalue weighted by Gasteiger charge is 2.38. The number of benzene rings is 2. The molecule has 0 saturated carbocycles. The lowest BCUT2D eigenvalue weighted by atomic mass is 9.89. The van der Waals surface area contributed by atoms with Crippen LogP contribution < -0.4 is 0 Å². The van der Waals surface area contributed by atoms with Crippen LogP contribution in [-0.2, 0) is 14.8 Å². The van der Waals surface area contributed by atoms with E-state index in [0.29, 0.717) is 6.42 Å². The van der Waals surface area contributed by atoms with Gasteiger partial charge in [0.2, 0.25) is 10.0 Å². The highest BCUT2D eigenvalue weighted by molar-refractivity contribution is 7.89. The van der Waals surface area contributed by atoms with Crippen LogP contribution in [0.1, 0.15) is 31.4 Å². The van der Waals surface area contributed by atoms with Gasteiger partial charge in [0.15, 0.2) is 0 Å². The molecule has 2 atom stereocenters. The molecular formula is C19H21NO3S. The minimum absolute atomic E-state index is 0.0507. The van der Waals surface area contributed by atoms with Crippen LogP contribution in [0.15, 0.2) is 65.6 Å². The van der Waals surface area contributed by atoms with E-state index in [1.807, 2.05) is 30.3 Å². The Labute approximate surface area is 143 Å². The number of sulfonamides is 1. The fraction of sp³-hybridized carbons (Fsp3) is 0.316. The molecule has 0 aromatic heterocycles. The van der Waals surface area contributed by atoms with Crippen molar-refractivity contribution >= 4 is 15.8 Å². The van der Waals surface area contributed by atoms with Gasteiger partial charge >= 0.3 is 0 Å². The smallest absolute Gasteiger partial charge is 0.243 e. The normalized spacial score (nSPS) is 22.2. The summed E-state index contributed by atoms with van der Waals surface area (Å²) in [5, 5.41) is 0. The van der Waals surface area contributed by atoms with E-state index in [4.69, 9.17) is 0 Å². The summed E-state index contributed by atoms with van der Waals surface area (Å²) in [6, 6.07) is 17.9. The largest absolute Gasteiger partial charge is 0.300 e. The molecule has 3 rings (SSSR count). The van der Waals surface area contributed by atoms with Gasteiger partial charge in [-0.1, -0.05) is 48.5 Å². The number of hydrogen-bond acceptors (Lipinski definition) is 3. The van der Waals surface area contributed by atoms with Crippen LogP contribution >= 0.6 is 0 Å². The summed E-state index contributed by atoms with van der Waals surface area (Å²) < 4.78 is 27.8. The van der Waals surface area contributed by atoms with E-state index >= 15 is 0 Å². The van der Waals surface area contributed by atoms with Gasteiger partial charge in [-0.3, -0.25) is 4.79 Å². The van der Waals surface area contributed by atoms with Crippen LogP contribution in [0.5, 0.6) is 0 Å². The summed E-state index contributed by atoms with van der Waals surface area (Å²) in [5.74, 6) is -0.182. The van der Waals surface area contributed by atoms with Gasteiger partial charge in [0.05, 0.1) is 10.9 Å². The third-order valence-corrected chi connectivity index (χ3v) is 6.53. The van der Waals surface area contributed by atoms with Gasteiger partial charge in [0, 0.05) is 12.5 Å². The zero-order chi connectivity index (χ0) is 17.2. The topological polar surface area (TPSA) is 54.5 Å². The van der Waals surface area contributed by atoms with Crippen molar-refractivity contribution in [2.45, 2.75) is 30.7 Å². The molecule has 2 aromatic rings. The third-order valence-electron chi connectivity index (χ3n) is 4.65. The molecular weight excluding hydrogens is 322 g/mol. The Morgan fingerprint density at radius 2 is 1.54 bits per heavy atom. The second-order valence-electron chi connectivity index (χ2n) is 6.20. The minimum atomic E-state index is -3.64. The molecule has 1 heterocycles. The second-order valence-corrected chi connectivity index (χ2v) is 8.09. The Hall–Kier alpha value is -1.98. The van der Waals surface area contributed by atoms with E-state index in [1.54, 1.807) is 37.3 Å². The maximum atomic E-state index is 13.2. The van der Waals surface area contributed by atoms with E-state index < -0.39 is 10.0 Å². The summed E-state index contributed by atoms with van der Waals surface area (Å²) in [5.41, 5.74) is 0.971. The first-order chi connectivity index (χ1) is 11.5. The van der Waals surface area contributed by atoms with E-state index in [0.717, 1.165) is 12.0 Å². The lowest BCUT2D eigenvalue weighted by Gasteiger charge is -2.38. The van der Waals surface area contributed by atoms with E-state index in [2.05, 4.69) is 0 Å². The number of carbonyl (C=O) groups is 1. The number of Topliss-reactive ketones (excluding diaryl/α,β-unsaturated/α-hetero) is 1. The number of hydrogen-bond donors (Lipinski definition) is 0. The van der Waals surface area contributed by atoms with Gasteiger partial charge in [-0.25, -0.2) is 8.42 Å². The molecule has 2 aromatic carbocycles. The van der Waals surface area contributed by atoms with Crippen molar-refractivity contribution in [1.82, 2.24) is 4.31 Å². The number of carbonyl (C=O) groups excluding carboxylic acids is 1. The van der Waals surface area contributed by atoms with Crippen LogP contribution in [0.3, 0.4) is 0 Å². The maximum Gasteiger partial charge on any atom is 0.243 e. The SMILES string of the molecule is CC(=O)[C@@H]1CC[C@H](c2ccccc2)N(S(=O)(=O)c2ccccc2)C1. The Morgan fingerprint density at radius 1 is 0.958 bits per heavy atom. The Kier molecular flexibility index (Phi) is 4.83. The minimum Gasteiger partial charge on any atom is -0.300 e. The number of rotatable bonds is 4. The van der Waals surface area contributed by atoms with Gasteiger partial charge in [0.1, 0.15) is 5.78 Å². The quantitative estimate of drug-likeness (QED) is 0.855. The van der Waals surface area contributed by atoms with Crippen LogP contribution in [0.25, 0.3) is 0 Å². The molecule has 1 fully saturated rings. The Balaban J connectivity index is 2.02.